The molecular weight excluding hydrogens is 373 g/mol. The number of benzene rings is 2. The standard InChI is InChI=1S/C24H24BN3O2/c1-15-10-17(14-29)19(12-20(15)25)18-8-9-27(2)13-23(18)28(3)24(30)22-11-16-6-4-5-7-21(16)26-22/h4-8,10-12,14,23,26H,9,13H2,1-3H3. The van der Waals surface area contributed by atoms with Crippen molar-refractivity contribution < 1.29 is 9.59 Å². The number of hydrogen-bond donors (Lipinski definition) is 1. The van der Waals surface area contributed by atoms with Crippen molar-refractivity contribution in [3.05, 3.63) is 70.9 Å². The number of fused-ring (bicyclic) bond motifs is 1. The van der Waals surface area contributed by atoms with E-state index in [0.717, 1.165) is 40.4 Å². The van der Waals surface area contributed by atoms with Gasteiger partial charge in [0.2, 0.25) is 0 Å². The first-order valence-corrected chi connectivity index (χ1v) is 9.98. The van der Waals surface area contributed by atoms with Gasteiger partial charge in [0.15, 0.2) is 6.29 Å². The molecule has 3 aromatic rings. The number of amides is 1. The van der Waals surface area contributed by atoms with E-state index in [2.05, 4.69) is 16.0 Å². The van der Waals surface area contributed by atoms with Gasteiger partial charge >= 0.3 is 0 Å². The molecule has 1 N–H and O–H groups in total. The second-order valence-electron chi connectivity index (χ2n) is 8.00. The van der Waals surface area contributed by atoms with Crippen molar-refractivity contribution >= 4 is 42.0 Å². The van der Waals surface area contributed by atoms with Gasteiger partial charge in [-0.05, 0) is 43.3 Å². The van der Waals surface area contributed by atoms with Gasteiger partial charge in [-0.25, -0.2) is 0 Å². The molecule has 0 saturated carbocycles. The van der Waals surface area contributed by atoms with E-state index in [-0.39, 0.29) is 11.9 Å². The molecule has 2 radical (unpaired) electrons. The largest absolute Gasteiger partial charge is 0.351 e. The molecule has 6 heteroatoms. The van der Waals surface area contributed by atoms with E-state index in [9.17, 15) is 9.59 Å². The average Bonchev–Trinajstić information content (AvgIpc) is 3.18. The monoisotopic (exact) mass is 397 g/mol. The van der Waals surface area contributed by atoms with Crippen LogP contribution in [0.15, 0.2) is 48.5 Å². The van der Waals surface area contributed by atoms with Gasteiger partial charge < -0.3 is 14.8 Å². The molecule has 0 fully saturated rings. The molecule has 0 saturated heterocycles. The summed E-state index contributed by atoms with van der Waals surface area (Å²) in [6.45, 7) is 3.30. The molecule has 150 valence electrons. The molecule has 1 amide bonds. The van der Waals surface area contributed by atoms with Crippen molar-refractivity contribution in [2.45, 2.75) is 13.0 Å². The fraction of sp³-hybridized carbons (Fsp3) is 0.250. The summed E-state index contributed by atoms with van der Waals surface area (Å²) >= 11 is 0. The Morgan fingerprint density at radius 2 is 2.03 bits per heavy atom. The molecule has 2 heterocycles. The fourth-order valence-electron chi connectivity index (χ4n) is 4.09. The number of rotatable bonds is 4. The number of H-pyrrole nitrogens is 1. The van der Waals surface area contributed by atoms with E-state index < -0.39 is 0 Å². The van der Waals surface area contributed by atoms with Crippen LogP contribution >= 0.6 is 0 Å². The van der Waals surface area contributed by atoms with Gasteiger partial charge in [-0.15, -0.1) is 0 Å². The number of carbonyl (C=O) groups excluding carboxylic acids is 2. The summed E-state index contributed by atoms with van der Waals surface area (Å²) in [7, 11) is 9.98. The van der Waals surface area contributed by atoms with Crippen LogP contribution in [0.2, 0.25) is 0 Å². The van der Waals surface area contributed by atoms with Crippen molar-refractivity contribution in [2.24, 2.45) is 0 Å². The van der Waals surface area contributed by atoms with Gasteiger partial charge in [-0.3, -0.25) is 9.59 Å². The van der Waals surface area contributed by atoms with Crippen molar-refractivity contribution in [3.63, 3.8) is 0 Å². The Hall–Kier alpha value is -3.12. The summed E-state index contributed by atoms with van der Waals surface area (Å²) in [4.78, 5) is 32.2. The third-order valence-electron chi connectivity index (χ3n) is 5.89. The number of nitrogens with one attached hydrogen (secondary N) is 1. The predicted octanol–water partition coefficient (Wildman–Crippen LogP) is 2.55. The number of para-hydroxylation sites is 1. The normalized spacial score (nSPS) is 17.0. The van der Waals surface area contributed by atoms with Crippen LogP contribution in [0.3, 0.4) is 0 Å². The topological polar surface area (TPSA) is 56.4 Å². The van der Waals surface area contributed by atoms with Crippen LogP contribution in [0.1, 0.15) is 32.0 Å². The molecule has 0 spiro atoms. The maximum absolute atomic E-state index is 13.3. The molecule has 5 nitrogen and oxygen atoms in total. The Morgan fingerprint density at radius 1 is 1.27 bits per heavy atom. The number of aromatic amines is 1. The van der Waals surface area contributed by atoms with Crippen LogP contribution < -0.4 is 5.46 Å². The van der Waals surface area contributed by atoms with Gasteiger partial charge in [0, 0.05) is 36.6 Å². The fourth-order valence-corrected chi connectivity index (χ4v) is 4.09. The Labute approximate surface area is 177 Å². The van der Waals surface area contributed by atoms with Gasteiger partial charge in [-0.2, -0.15) is 0 Å². The number of carbonyl (C=O) groups is 2. The van der Waals surface area contributed by atoms with Crippen LogP contribution in [0.5, 0.6) is 0 Å². The van der Waals surface area contributed by atoms with Crippen LogP contribution in [0, 0.1) is 6.92 Å². The van der Waals surface area contributed by atoms with Crippen LogP contribution in [-0.4, -0.2) is 68.1 Å². The number of aromatic nitrogens is 1. The van der Waals surface area contributed by atoms with Crippen molar-refractivity contribution in [1.29, 1.82) is 0 Å². The minimum absolute atomic E-state index is 0.0925. The molecule has 0 bridgehead atoms. The SMILES string of the molecule is [B]c1cc(C2=CCN(C)CC2N(C)C(=O)c2cc3ccccc3[nH]2)c(C=O)cc1C. The summed E-state index contributed by atoms with van der Waals surface area (Å²) in [6, 6.07) is 13.2. The van der Waals surface area contributed by atoms with E-state index in [1.807, 2.05) is 63.5 Å². The Kier molecular flexibility index (Phi) is 5.35. The number of hydrogen-bond acceptors (Lipinski definition) is 3. The molecule has 1 aliphatic heterocycles. The molecule has 1 aromatic heterocycles. The van der Waals surface area contributed by atoms with Gasteiger partial charge in [0.05, 0.1) is 6.04 Å². The molecule has 1 unspecified atom stereocenters. The lowest BCUT2D eigenvalue weighted by Crippen LogP contribution is -2.47. The Morgan fingerprint density at radius 3 is 2.77 bits per heavy atom. The second kappa shape index (κ2) is 7.96. The zero-order chi connectivity index (χ0) is 21.4. The quantitative estimate of drug-likeness (QED) is 0.544. The number of aldehydes is 1. The van der Waals surface area contributed by atoms with E-state index >= 15 is 0 Å². The molecule has 2 aromatic carbocycles. The molecule has 1 atom stereocenters. The van der Waals surface area contributed by atoms with Crippen LogP contribution in [0.25, 0.3) is 16.5 Å². The zero-order valence-corrected chi connectivity index (χ0v) is 17.5. The second-order valence-corrected chi connectivity index (χ2v) is 8.00. The van der Waals surface area contributed by atoms with Gasteiger partial charge in [0.1, 0.15) is 13.5 Å². The van der Waals surface area contributed by atoms with Crippen molar-refractivity contribution in [2.75, 3.05) is 27.2 Å². The molecule has 0 aliphatic carbocycles. The number of aryl methyl sites for hydroxylation is 1. The van der Waals surface area contributed by atoms with Crippen molar-refractivity contribution in [1.82, 2.24) is 14.8 Å². The highest BCUT2D eigenvalue weighted by molar-refractivity contribution is 6.33. The van der Waals surface area contributed by atoms with E-state index in [0.29, 0.717) is 23.3 Å². The average molecular weight is 397 g/mol. The highest BCUT2D eigenvalue weighted by Crippen LogP contribution is 2.29. The lowest BCUT2D eigenvalue weighted by Gasteiger charge is -2.37. The molecule has 4 rings (SSSR count). The number of likely N-dealkylation sites (N-methyl/N-ethyl adjacent to an activating group) is 2. The predicted molar refractivity (Wildman–Crippen MR) is 122 cm³/mol. The third-order valence-corrected chi connectivity index (χ3v) is 5.89. The van der Waals surface area contributed by atoms with Crippen LogP contribution in [0.4, 0.5) is 0 Å². The van der Waals surface area contributed by atoms with Crippen molar-refractivity contribution in [3.8, 4) is 0 Å². The Balaban J connectivity index is 1.73. The molecule has 1 aliphatic rings. The zero-order valence-electron chi connectivity index (χ0n) is 17.5. The Bertz CT molecular complexity index is 1130. The van der Waals surface area contributed by atoms with E-state index in [1.165, 1.54) is 0 Å². The minimum atomic E-state index is -0.205. The maximum atomic E-state index is 13.3. The summed E-state index contributed by atoms with van der Waals surface area (Å²) in [6.07, 6.45) is 2.94. The van der Waals surface area contributed by atoms with E-state index in [4.69, 9.17) is 7.85 Å². The lowest BCUT2D eigenvalue weighted by atomic mass is 9.83. The minimum Gasteiger partial charge on any atom is -0.351 e. The molecule has 30 heavy (non-hydrogen) atoms. The first kappa shape index (κ1) is 20.2. The smallest absolute Gasteiger partial charge is 0.270 e. The highest BCUT2D eigenvalue weighted by Gasteiger charge is 2.30. The van der Waals surface area contributed by atoms with Gasteiger partial charge in [0.25, 0.3) is 5.91 Å². The summed E-state index contributed by atoms with van der Waals surface area (Å²) in [5, 5.41) is 1.00. The lowest BCUT2D eigenvalue weighted by molar-refractivity contribution is 0.0736. The summed E-state index contributed by atoms with van der Waals surface area (Å²) in [5.41, 5.74) is 5.32. The van der Waals surface area contributed by atoms with Gasteiger partial charge in [-0.1, -0.05) is 41.4 Å². The summed E-state index contributed by atoms with van der Waals surface area (Å²) < 4.78 is 0. The number of nitrogens with zero attached hydrogens (tertiary/aromatic N) is 2. The molecular formula is C24H24BN3O2. The third kappa shape index (κ3) is 3.59. The first-order chi connectivity index (χ1) is 14.4. The van der Waals surface area contributed by atoms with Crippen LogP contribution in [-0.2, 0) is 0 Å². The summed E-state index contributed by atoms with van der Waals surface area (Å²) in [5.74, 6) is -0.0925. The first-order valence-electron chi connectivity index (χ1n) is 9.98. The highest BCUT2D eigenvalue weighted by atomic mass is 16.2. The van der Waals surface area contributed by atoms with E-state index in [1.54, 1.807) is 4.90 Å². The maximum Gasteiger partial charge on any atom is 0.270 e.